The summed E-state index contributed by atoms with van der Waals surface area (Å²) in [5.74, 6) is 1.77. The molecule has 0 saturated carbocycles. The van der Waals surface area contributed by atoms with Gasteiger partial charge in [-0.3, -0.25) is 0 Å². The summed E-state index contributed by atoms with van der Waals surface area (Å²) in [7, 11) is 0. The van der Waals surface area contributed by atoms with Crippen molar-refractivity contribution >= 4 is 0 Å². The normalized spacial score (nSPS) is 33.8. The second-order valence-corrected chi connectivity index (χ2v) is 4.86. The molecule has 0 atom stereocenters. The van der Waals surface area contributed by atoms with Crippen LogP contribution in [0.4, 0.5) is 0 Å². The lowest BCUT2D eigenvalue weighted by Crippen LogP contribution is -2.63. The fourth-order valence-corrected chi connectivity index (χ4v) is 2.80. The van der Waals surface area contributed by atoms with E-state index in [9.17, 15) is 0 Å². The Balaban J connectivity index is 1.80. The maximum Gasteiger partial charge on any atom is 0.235 e. The Morgan fingerprint density at radius 1 is 1.47 bits per heavy atom. The van der Waals surface area contributed by atoms with Crippen LogP contribution in [0.2, 0.25) is 0 Å². The van der Waals surface area contributed by atoms with E-state index in [2.05, 4.69) is 22.0 Å². The second kappa shape index (κ2) is 3.30. The van der Waals surface area contributed by atoms with Gasteiger partial charge in [0.2, 0.25) is 5.89 Å². The van der Waals surface area contributed by atoms with E-state index in [1.807, 2.05) is 0 Å². The van der Waals surface area contributed by atoms with Crippen LogP contribution >= 0.6 is 0 Å². The first-order valence-electron chi connectivity index (χ1n) is 5.88. The molecule has 0 amide bonds. The van der Waals surface area contributed by atoms with Gasteiger partial charge in [0, 0.05) is 19.5 Å². The van der Waals surface area contributed by atoms with Crippen molar-refractivity contribution in [1.29, 1.82) is 0 Å². The Hall–Kier alpha value is -0.900. The summed E-state index contributed by atoms with van der Waals surface area (Å²) in [4.78, 5) is 6.99. The Labute approximate surface area is 89.6 Å². The fraction of sp³-hybridized carbons (Fsp3) is 0.818. The predicted octanol–water partition coefficient (Wildman–Crippen LogP) is 1.37. The Morgan fingerprint density at radius 3 is 3.00 bits per heavy atom. The number of hydrogen-bond donors (Lipinski definition) is 0. The van der Waals surface area contributed by atoms with Crippen molar-refractivity contribution < 1.29 is 4.52 Å². The molecule has 0 radical (unpaired) electrons. The highest BCUT2D eigenvalue weighted by molar-refractivity contribution is 5.16. The zero-order valence-electron chi connectivity index (χ0n) is 9.20. The van der Waals surface area contributed by atoms with E-state index >= 15 is 0 Å². The maximum absolute atomic E-state index is 5.41. The molecule has 3 saturated heterocycles. The van der Waals surface area contributed by atoms with Gasteiger partial charge in [-0.25, -0.2) is 0 Å². The zero-order valence-corrected chi connectivity index (χ0v) is 9.20. The molecule has 3 aliphatic rings. The molecular weight excluding hydrogens is 190 g/mol. The lowest BCUT2D eigenvalue weighted by Gasteiger charge is -2.52. The average Bonchev–Trinajstić information content (AvgIpc) is 2.67. The Bertz CT molecular complexity index is 349. The number of hydrogen-bond acceptors (Lipinski definition) is 4. The second-order valence-electron chi connectivity index (χ2n) is 4.86. The molecule has 82 valence electrons. The van der Waals surface area contributed by atoms with Crippen LogP contribution in [0.15, 0.2) is 4.52 Å². The third-order valence-corrected chi connectivity index (χ3v) is 3.58. The van der Waals surface area contributed by atoms with E-state index in [-0.39, 0.29) is 5.41 Å². The van der Waals surface area contributed by atoms with Crippen LogP contribution in [0.25, 0.3) is 0 Å². The molecule has 0 unspecified atom stereocenters. The van der Waals surface area contributed by atoms with Crippen molar-refractivity contribution in [1.82, 2.24) is 15.0 Å². The van der Waals surface area contributed by atoms with Crippen molar-refractivity contribution in [2.45, 2.75) is 38.0 Å². The summed E-state index contributed by atoms with van der Waals surface area (Å²) >= 11 is 0. The monoisotopic (exact) mass is 207 g/mol. The first-order chi connectivity index (χ1) is 7.32. The van der Waals surface area contributed by atoms with Gasteiger partial charge in [0.15, 0.2) is 5.82 Å². The standard InChI is InChI=1S/C11H17N3O/c1-2-4-9-12-10(15-13-9)11-5-3-6-14(7-11)8-11/h2-8H2,1H3. The van der Waals surface area contributed by atoms with Gasteiger partial charge < -0.3 is 9.42 Å². The largest absolute Gasteiger partial charge is 0.339 e. The van der Waals surface area contributed by atoms with E-state index in [0.717, 1.165) is 37.6 Å². The van der Waals surface area contributed by atoms with E-state index < -0.39 is 0 Å². The molecular formula is C11H17N3O. The van der Waals surface area contributed by atoms with Gasteiger partial charge >= 0.3 is 0 Å². The molecule has 0 aliphatic carbocycles. The molecule has 4 rings (SSSR count). The van der Waals surface area contributed by atoms with Crippen LogP contribution < -0.4 is 0 Å². The third kappa shape index (κ3) is 1.39. The van der Waals surface area contributed by atoms with Crippen molar-refractivity contribution in [2.75, 3.05) is 19.6 Å². The maximum atomic E-state index is 5.41. The SMILES string of the molecule is CCCc1noc(C23CCCN(C2)C3)n1. The average molecular weight is 207 g/mol. The van der Waals surface area contributed by atoms with Crippen LogP contribution in [0.3, 0.4) is 0 Å². The van der Waals surface area contributed by atoms with Gasteiger partial charge in [0.25, 0.3) is 0 Å². The van der Waals surface area contributed by atoms with Crippen LogP contribution in [0, 0.1) is 0 Å². The fourth-order valence-electron chi connectivity index (χ4n) is 2.80. The lowest BCUT2D eigenvalue weighted by atomic mass is 9.72. The van der Waals surface area contributed by atoms with Gasteiger partial charge in [-0.15, -0.1) is 0 Å². The van der Waals surface area contributed by atoms with Gasteiger partial charge in [-0.05, 0) is 25.8 Å². The predicted molar refractivity (Wildman–Crippen MR) is 55.6 cm³/mol. The van der Waals surface area contributed by atoms with Crippen molar-refractivity contribution in [2.24, 2.45) is 0 Å². The summed E-state index contributed by atoms with van der Waals surface area (Å²) in [6, 6.07) is 0. The minimum absolute atomic E-state index is 0.219. The van der Waals surface area contributed by atoms with Gasteiger partial charge in [0.05, 0.1) is 5.41 Å². The van der Waals surface area contributed by atoms with Gasteiger partial charge in [-0.2, -0.15) is 4.98 Å². The highest BCUT2D eigenvalue weighted by Gasteiger charge is 2.50. The Kier molecular flexibility index (Phi) is 2.06. The first kappa shape index (κ1) is 9.33. The first-order valence-corrected chi connectivity index (χ1v) is 5.88. The molecule has 4 heteroatoms. The molecule has 2 bridgehead atoms. The van der Waals surface area contributed by atoms with E-state index in [1.54, 1.807) is 0 Å². The molecule has 0 aromatic carbocycles. The summed E-state index contributed by atoms with van der Waals surface area (Å²) < 4.78 is 5.41. The number of aryl methyl sites for hydroxylation is 1. The molecule has 4 nitrogen and oxygen atoms in total. The van der Waals surface area contributed by atoms with Crippen LogP contribution in [-0.4, -0.2) is 34.7 Å². The van der Waals surface area contributed by atoms with Crippen LogP contribution in [-0.2, 0) is 11.8 Å². The highest BCUT2D eigenvalue weighted by atomic mass is 16.5. The van der Waals surface area contributed by atoms with Crippen LogP contribution in [0.5, 0.6) is 0 Å². The Morgan fingerprint density at radius 2 is 2.33 bits per heavy atom. The zero-order chi connectivity index (χ0) is 10.3. The minimum Gasteiger partial charge on any atom is -0.339 e. The number of fused-ring (bicyclic) bond motifs is 2. The molecule has 1 aromatic rings. The molecule has 3 aliphatic heterocycles. The molecule has 15 heavy (non-hydrogen) atoms. The molecule has 1 aromatic heterocycles. The number of piperidine rings is 2. The van der Waals surface area contributed by atoms with Gasteiger partial charge in [-0.1, -0.05) is 12.1 Å². The van der Waals surface area contributed by atoms with E-state index in [4.69, 9.17) is 4.52 Å². The van der Waals surface area contributed by atoms with Gasteiger partial charge in [0.1, 0.15) is 0 Å². The quantitative estimate of drug-likeness (QED) is 0.750. The molecule has 0 N–H and O–H groups in total. The minimum atomic E-state index is 0.219. The van der Waals surface area contributed by atoms with Crippen LogP contribution in [0.1, 0.15) is 37.9 Å². The summed E-state index contributed by atoms with van der Waals surface area (Å²) in [5, 5.41) is 4.05. The van der Waals surface area contributed by atoms with E-state index in [1.165, 1.54) is 19.4 Å². The molecule has 3 fully saturated rings. The van der Waals surface area contributed by atoms with Crippen molar-refractivity contribution in [3.05, 3.63) is 11.7 Å². The number of rotatable bonds is 3. The summed E-state index contributed by atoms with van der Waals surface area (Å²) in [5.41, 5.74) is 0.219. The summed E-state index contributed by atoms with van der Waals surface area (Å²) in [6.07, 6.45) is 4.50. The molecule has 0 spiro atoms. The highest BCUT2D eigenvalue weighted by Crippen LogP contribution is 2.41. The van der Waals surface area contributed by atoms with E-state index in [0.29, 0.717) is 0 Å². The van der Waals surface area contributed by atoms with Crippen molar-refractivity contribution in [3.8, 4) is 0 Å². The third-order valence-electron chi connectivity index (χ3n) is 3.58. The smallest absolute Gasteiger partial charge is 0.235 e. The summed E-state index contributed by atoms with van der Waals surface area (Å²) in [6.45, 7) is 5.64. The lowest BCUT2D eigenvalue weighted by molar-refractivity contribution is -0.00680. The van der Waals surface area contributed by atoms with Crippen molar-refractivity contribution in [3.63, 3.8) is 0 Å². The topological polar surface area (TPSA) is 42.2 Å². The number of nitrogens with zero attached hydrogens (tertiary/aromatic N) is 3. The molecule has 4 heterocycles. The number of aromatic nitrogens is 2.